The fraction of sp³-hybridized carbons (Fsp3) is 0.375. The zero-order chi connectivity index (χ0) is 18.5. The molecule has 0 saturated heterocycles. The molecule has 2 aromatic rings. The van der Waals surface area contributed by atoms with Crippen LogP contribution in [0.15, 0.2) is 29.5 Å². The Morgan fingerprint density at radius 1 is 1.23 bits per heavy atom. The minimum absolute atomic E-state index is 0.00452. The first-order chi connectivity index (χ1) is 12.3. The van der Waals surface area contributed by atoms with Crippen LogP contribution in [0.1, 0.15) is 36.2 Å². The van der Waals surface area contributed by atoms with Crippen molar-refractivity contribution < 1.29 is 13.6 Å². The summed E-state index contributed by atoms with van der Waals surface area (Å²) in [5.41, 5.74) is -1.61. The lowest BCUT2D eigenvalue weighted by molar-refractivity contribution is -0.0667. The Bertz CT molecular complexity index is 938. The van der Waals surface area contributed by atoms with Gasteiger partial charge in [-0.05, 0) is 25.0 Å². The molecule has 7 nitrogen and oxygen atoms in total. The van der Waals surface area contributed by atoms with E-state index in [1.54, 1.807) is 6.07 Å². The van der Waals surface area contributed by atoms with Crippen molar-refractivity contribution in [3.63, 3.8) is 0 Å². The summed E-state index contributed by atoms with van der Waals surface area (Å²) in [5.74, 6) is -2.97. The van der Waals surface area contributed by atoms with Crippen LogP contribution in [0.4, 0.5) is 20.3 Å². The molecular formula is C16H14ClF2N5O2. The molecule has 1 fully saturated rings. The number of hydrogen-bond acceptors (Lipinski definition) is 5. The summed E-state index contributed by atoms with van der Waals surface area (Å²) in [4.78, 5) is 33.1. The van der Waals surface area contributed by atoms with Gasteiger partial charge >= 0.3 is 0 Å². The number of halogens is 3. The van der Waals surface area contributed by atoms with Crippen molar-refractivity contribution in [2.75, 3.05) is 5.32 Å². The number of nitrogens with one attached hydrogen (secondary N) is 2. The highest BCUT2D eigenvalue weighted by atomic mass is 35.5. The molecule has 0 bridgehead atoms. The normalized spacial score (nSPS) is 19.9. The number of fused-ring (bicyclic) bond motifs is 2. The molecule has 2 aromatic heterocycles. The fourth-order valence-electron chi connectivity index (χ4n) is 3.50. The maximum absolute atomic E-state index is 13.6. The van der Waals surface area contributed by atoms with Crippen LogP contribution in [-0.4, -0.2) is 26.4 Å². The molecule has 0 atom stereocenters. The number of nitrogens with zero attached hydrogens (tertiary/aromatic N) is 3. The Morgan fingerprint density at radius 3 is 2.62 bits per heavy atom. The van der Waals surface area contributed by atoms with E-state index in [4.69, 9.17) is 11.6 Å². The molecule has 4 rings (SSSR count). The van der Waals surface area contributed by atoms with E-state index >= 15 is 0 Å². The van der Waals surface area contributed by atoms with Crippen molar-refractivity contribution >= 4 is 29.0 Å². The van der Waals surface area contributed by atoms with Gasteiger partial charge in [-0.15, -0.1) is 0 Å². The van der Waals surface area contributed by atoms with Gasteiger partial charge in [0, 0.05) is 19.0 Å². The number of carbonyl (C=O) groups is 1. The number of anilines is 2. The minimum Gasteiger partial charge on any atom is -0.336 e. The molecule has 1 amide bonds. The number of aromatic nitrogens is 3. The largest absolute Gasteiger partial charge is 0.336 e. The average Bonchev–Trinajstić information content (AvgIpc) is 2.90. The average molecular weight is 382 g/mol. The third-order valence-corrected chi connectivity index (χ3v) is 5.09. The van der Waals surface area contributed by atoms with Crippen LogP contribution < -0.4 is 16.2 Å². The number of alkyl halides is 2. The van der Waals surface area contributed by atoms with Gasteiger partial charge < -0.3 is 10.6 Å². The van der Waals surface area contributed by atoms with E-state index in [0.29, 0.717) is 5.82 Å². The second-order valence-corrected chi connectivity index (χ2v) is 6.86. The molecule has 3 heterocycles. The van der Waals surface area contributed by atoms with E-state index in [1.165, 1.54) is 23.2 Å². The van der Waals surface area contributed by atoms with Gasteiger partial charge in [0.2, 0.25) is 5.92 Å². The monoisotopic (exact) mass is 381 g/mol. The predicted octanol–water partition coefficient (Wildman–Crippen LogP) is 2.64. The first kappa shape index (κ1) is 16.9. The van der Waals surface area contributed by atoms with Crippen molar-refractivity contribution in [2.45, 2.75) is 37.3 Å². The topological polar surface area (TPSA) is 88.9 Å². The molecule has 0 unspecified atom stereocenters. The Morgan fingerprint density at radius 2 is 1.96 bits per heavy atom. The number of amides is 1. The van der Waals surface area contributed by atoms with Gasteiger partial charge in [0.15, 0.2) is 0 Å². The molecule has 1 aliphatic heterocycles. The van der Waals surface area contributed by atoms with Crippen LogP contribution in [0.25, 0.3) is 0 Å². The van der Waals surface area contributed by atoms with Gasteiger partial charge in [0.05, 0.1) is 5.02 Å². The fourth-order valence-corrected chi connectivity index (χ4v) is 3.78. The first-order valence-electron chi connectivity index (χ1n) is 8.01. The standard InChI is InChI=1S/C16H14ClF2N5O2/c17-9-7-10(22-11-1-6-20-8-21-11)14(26)24-12(9)13(25)23-16(24)4-2-15(18,19)3-5-16/h1,6-8H,2-5H2,(H,23,25)(H,20,21,22). The highest BCUT2D eigenvalue weighted by molar-refractivity contribution is 6.34. The van der Waals surface area contributed by atoms with Crippen molar-refractivity contribution in [2.24, 2.45) is 0 Å². The van der Waals surface area contributed by atoms with Crippen LogP contribution in [0, 0.1) is 0 Å². The van der Waals surface area contributed by atoms with Crippen LogP contribution in [0.5, 0.6) is 0 Å². The molecule has 136 valence electrons. The first-order valence-corrected chi connectivity index (χ1v) is 8.39. The van der Waals surface area contributed by atoms with Crippen molar-refractivity contribution in [3.05, 3.63) is 45.7 Å². The van der Waals surface area contributed by atoms with Gasteiger partial charge in [-0.3, -0.25) is 14.2 Å². The summed E-state index contributed by atoms with van der Waals surface area (Å²) in [6.07, 6.45) is 1.88. The van der Waals surface area contributed by atoms with Gasteiger partial charge in [-0.25, -0.2) is 18.7 Å². The van der Waals surface area contributed by atoms with Crippen molar-refractivity contribution in [1.29, 1.82) is 0 Å². The molecule has 1 saturated carbocycles. The molecule has 10 heteroatoms. The Hall–Kier alpha value is -2.55. The molecule has 1 aliphatic carbocycles. The maximum atomic E-state index is 13.6. The molecule has 2 N–H and O–H groups in total. The number of carbonyl (C=O) groups excluding carboxylic acids is 1. The van der Waals surface area contributed by atoms with Crippen LogP contribution >= 0.6 is 11.6 Å². The molecule has 26 heavy (non-hydrogen) atoms. The smallest absolute Gasteiger partial charge is 0.276 e. The molecule has 2 aliphatic rings. The number of rotatable bonds is 2. The predicted molar refractivity (Wildman–Crippen MR) is 89.9 cm³/mol. The molecule has 0 radical (unpaired) electrons. The summed E-state index contributed by atoms with van der Waals surface area (Å²) in [5, 5.41) is 5.60. The molecule has 1 spiro atoms. The summed E-state index contributed by atoms with van der Waals surface area (Å²) in [7, 11) is 0. The third-order valence-electron chi connectivity index (χ3n) is 4.80. The summed E-state index contributed by atoms with van der Waals surface area (Å²) in [6, 6.07) is 2.90. The van der Waals surface area contributed by atoms with E-state index in [2.05, 4.69) is 20.6 Å². The zero-order valence-corrected chi connectivity index (χ0v) is 14.2. The van der Waals surface area contributed by atoms with Gasteiger partial charge in [0.25, 0.3) is 11.5 Å². The Kier molecular flexibility index (Phi) is 3.72. The lowest BCUT2D eigenvalue weighted by atomic mass is 9.86. The summed E-state index contributed by atoms with van der Waals surface area (Å²) in [6.45, 7) is 0. The number of pyridine rings is 1. The van der Waals surface area contributed by atoms with Crippen molar-refractivity contribution in [3.8, 4) is 0 Å². The second-order valence-electron chi connectivity index (χ2n) is 6.46. The number of hydrogen-bond donors (Lipinski definition) is 2. The highest BCUT2D eigenvalue weighted by Gasteiger charge is 2.51. The van der Waals surface area contributed by atoms with E-state index in [1.807, 2.05) is 0 Å². The molecular weight excluding hydrogens is 368 g/mol. The third kappa shape index (κ3) is 2.63. The summed E-state index contributed by atoms with van der Waals surface area (Å²) < 4.78 is 28.4. The Balaban J connectivity index is 1.81. The zero-order valence-electron chi connectivity index (χ0n) is 13.4. The van der Waals surface area contributed by atoms with Gasteiger partial charge in [-0.1, -0.05) is 11.6 Å². The van der Waals surface area contributed by atoms with E-state index < -0.39 is 35.9 Å². The van der Waals surface area contributed by atoms with Crippen LogP contribution in [0.2, 0.25) is 5.02 Å². The Labute approximate surface area is 151 Å². The van der Waals surface area contributed by atoms with E-state index in [9.17, 15) is 18.4 Å². The quantitative estimate of drug-likeness (QED) is 0.834. The van der Waals surface area contributed by atoms with E-state index in [0.717, 1.165) is 0 Å². The van der Waals surface area contributed by atoms with E-state index in [-0.39, 0.29) is 29.2 Å². The van der Waals surface area contributed by atoms with Crippen molar-refractivity contribution in [1.82, 2.24) is 19.9 Å². The highest BCUT2D eigenvalue weighted by Crippen LogP contribution is 2.44. The van der Waals surface area contributed by atoms with Crippen LogP contribution in [-0.2, 0) is 5.66 Å². The second kappa shape index (κ2) is 5.73. The van der Waals surface area contributed by atoms with Gasteiger partial charge in [0.1, 0.15) is 29.2 Å². The minimum atomic E-state index is -2.80. The van der Waals surface area contributed by atoms with Gasteiger partial charge in [-0.2, -0.15) is 0 Å². The summed E-state index contributed by atoms with van der Waals surface area (Å²) >= 11 is 6.22. The lowest BCUT2D eigenvalue weighted by Gasteiger charge is -2.38. The SMILES string of the molecule is O=C1NC2(CCC(F)(F)CC2)n2c1c(Cl)cc(Nc1ccncn1)c2=O. The lowest BCUT2D eigenvalue weighted by Crippen LogP contribution is -2.51. The molecule has 0 aromatic carbocycles. The van der Waals surface area contributed by atoms with Crippen LogP contribution in [0.3, 0.4) is 0 Å². The maximum Gasteiger partial charge on any atom is 0.276 e.